The van der Waals surface area contributed by atoms with E-state index in [9.17, 15) is 17.6 Å². The summed E-state index contributed by atoms with van der Waals surface area (Å²) in [4.78, 5) is 22.3. The summed E-state index contributed by atoms with van der Waals surface area (Å²) in [6.45, 7) is 2.80. The number of esters is 1. The fourth-order valence-electron chi connectivity index (χ4n) is 5.30. The van der Waals surface area contributed by atoms with Gasteiger partial charge in [-0.1, -0.05) is 24.6 Å². The lowest BCUT2D eigenvalue weighted by atomic mass is 9.86. The van der Waals surface area contributed by atoms with Gasteiger partial charge in [0.15, 0.2) is 10.8 Å². The van der Waals surface area contributed by atoms with Crippen LogP contribution < -0.4 is 5.32 Å². The first kappa shape index (κ1) is 26.3. The Morgan fingerprint density at radius 3 is 2.59 bits per heavy atom. The molecule has 1 saturated carbocycles. The summed E-state index contributed by atoms with van der Waals surface area (Å²) in [5, 5.41) is 5.61. The number of ether oxygens (including phenoxy) is 1. The van der Waals surface area contributed by atoms with Gasteiger partial charge in [-0.3, -0.25) is 4.99 Å². The van der Waals surface area contributed by atoms with Crippen molar-refractivity contribution in [2.75, 3.05) is 20.2 Å². The zero-order valence-corrected chi connectivity index (χ0v) is 22.9. The number of aromatic nitrogens is 1. The van der Waals surface area contributed by atoms with E-state index in [1.165, 1.54) is 36.6 Å². The Morgan fingerprint density at radius 1 is 1.27 bits per heavy atom. The number of thiazole rings is 1. The summed E-state index contributed by atoms with van der Waals surface area (Å²) in [6.07, 6.45) is 4.12. The Morgan fingerprint density at radius 2 is 2.00 bits per heavy atom. The van der Waals surface area contributed by atoms with Gasteiger partial charge in [-0.05, 0) is 43.7 Å². The van der Waals surface area contributed by atoms with Gasteiger partial charge in [0.05, 0.1) is 17.9 Å². The molecule has 1 aromatic heterocycles. The summed E-state index contributed by atoms with van der Waals surface area (Å²) in [6, 6.07) is 3.15. The van der Waals surface area contributed by atoms with E-state index in [1.54, 1.807) is 10.5 Å². The molecule has 5 rings (SSSR count). The Balaban J connectivity index is 1.50. The number of aliphatic imine (C=N–C) groups is 1. The van der Waals surface area contributed by atoms with Gasteiger partial charge in [-0.15, -0.1) is 11.3 Å². The molecule has 37 heavy (non-hydrogen) atoms. The molecule has 1 unspecified atom stereocenters. The number of nitrogens with zero attached hydrogens (tertiary/aromatic N) is 3. The standard InChI is InChI=1S/C25H28ClFN4O4S2/c1-14-11-17(12-14)37(33,34)31-8-5-15(6-9-31)21-20(25(32)35-2)22(18-4-3-16(27)13-19(18)26)30-23(29-21)24-28-7-10-36-24/h3-4,7,10,13-15,17,22H,5-6,8-9,11-12H2,1-2H3,(H,29,30). The van der Waals surface area contributed by atoms with Crippen molar-refractivity contribution >= 4 is 44.8 Å². The number of amidine groups is 1. The number of sulfonamides is 1. The zero-order chi connectivity index (χ0) is 26.3. The number of carbonyl (C=O) groups is 1. The average molecular weight is 567 g/mol. The number of hydrogen-bond donors (Lipinski definition) is 1. The number of nitrogens with one attached hydrogen (secondary N) is 1. The predicted molar refractivity (Wildman–Crippen MR) is 140 cm³/mol. The van der Waals surface area contributed by atoms with Crippen molar-refractivity contribution in [3.05, 3.63) is 62.5 Å². The van der Waals surface area contributed by atoms with Crippen LogP contribution in [0.5, 0.6) is 0 Å². The molecular weight excluding hydrogens is 539 g/mol. The van der Waals surface area contributed by atoms with Crippen LogP contribution in [0.3, 0.4) is 0 Å². The molecule has 0 spiro atoms. The highest BCUT2D eigenvalue weighted by Gasteiger charge is 2.43. The second-order valence-corrected chi connectivity index (χ2v) is 13.3. The molecule has 1 atom stereocenters. The summed E-state index contributed by atoms with van der Waals surface area (Å²) in [7, 11) is -2.04. The molecule has 1 aliphatic carbocycles. The normalized spacial score (nSPS) is 25.3. The van der Waals surface area contributed by atoms with Crippen molar-refractivity contribution in [3.63, 3.8) is 0 Å². The van der Waals surface area contributed by atoms with E-state index < -0.39 is 27.9 Å². The van der Waals surface area contributed by atoms with Crippen LogP contribution in [0.1, 0.15) is 49.2 Å². The third kappa shape index (κ3) is 5.06. The minimum atomic E-state index is -3.34. The molecule has 2 fully saturated rings. The molecule has 1 N–H and O–H groups in total. The van der Waals surface area contributed by atoms with Crippen LogP contribution >= 0.6 is 22.9 Å². The highest BCUT2D eigenvalue weighted by Crippen LogP contribution is 2.41. The third-order valence-corrected chi connectivity index (χ3v) is 10.8. The molecule has 1 aromatic carbocycles. The van der Waals surface area contributed by atoms with Crippen LogP contribution in [0.4, 0.5) is 4.39 Å². The molecule has 0 amide bonds. The zero-order valence-electron chi connectivity index (χ0n) is 20.5. The number of halogens is 2. The highest BCUT2D eigenvalue weighted by atomic mass is 35.5. The predicted octanol–water partition coefficient (Wildman–Crippen LogP) is 4.29. The molecule has 8 nitrogen and oxygen atoms in total. The first-order chi connectivity index (χ1) is 17.7. The molecule has 3 aliphatic rings. The van der Waals surface area contributed by atoms with Gasteiger partial charge in [-0.25, -0.2) is 26.9 Å². The van der Waals surface area contributed by atoms with Crippen LogP contribution in [-0.2, 0) is 19.6 Å². The third-order valence-electron chi connectivity index (χ3n) is 7.35. The van der Waals surface area contributed by atoms with Crippen LogP contribution in [-0.4, -0.2) is 55.0 Å². The molecule has 2 aliphatic heterocycles. The van der Waals surface area contributed by atoms with Crippen molar-refractivity contribution in [2.45, 2.75) is 43.9 Å². The fourth-order valence-corrected chi connectivity index (χ4v) is 8.44. The smallest absolute Gasteiger partial charge is 0.338 e. The van der Waals surface area contributed by atoms with Gasteiger partial charge in [0.25, 0.3) is 0 Å². The first-order valence-electron chi connectivity index (χ1n) is 12.2. The number of allylic oxidation sites excluding steroid dienone is 1. The monoisotopic (exact) mass is 566 g/mol. The molecule has 12 heteroatoms. The molecule has 3 heterocycles. The second-order valence-electron chi connectivity index (χ2n) is 9.74. The summed E-state index contributed by atoms with van der Waals surface area (Å²) in [5.41, 5.74) is 1.37. The van der Waals surface area contributed by atoms with Crippen LogP contribution in [0.25, 0.3) is 0 Å². The summed E-state index contributed by atoms with van der Waals surface area (Å²) < 4.78 is 46.7. The Hall–Kier alpha value is -2.34. The van der Waals surface area contributed by atoms with Crippen LogP contribution in [0.2, 0.25) is 5.02 Å². The Bertz CT molecular complexity index is 1350. The van der Waals surface area contributed by atoms with Crippen molar-refractivity contribution in [2.24, 2.45) is 16.8 Å². The van der Waals surface area contributed by atoms with Crippen molar-refractivity contribution in [1.82, 2.24) is 14.6 Å². The van der Waals surface area contributed by atoms with Gasteiger partial charge in [-0.2, -0.15) is 0 Å². The molecule has 198 valence electrons. The maximum Gasteiger partial charge on any atom is 0.338 e. The van der Waals surface area contributed by atoms with E-state index in [0.717, 1.165) is 0 Å². The summed E-state index contributed by atoms with van der Waals surface area (Å²) in [5.74, 6) is -0.302. The molecule has 0 bridgehead atoms. The van der Waals surface area contributed by atoms with Crippen LogP contribution in [0.15, 0.2) is 46.0 Å². The summed E-state index contributed by atoms with van der Waals surface area (Å²) >= 11 is 7.81. The molecule has 2 aromatic rings. The maximum absolute atomic E-state index is 13.8. The highest BCUT2D eigenvalue weighted by molar-refractivity contribution is 7.89. The minimum absolute atomic E-state index is 0.144. The van der Waals surface area contributed by atoms with E-state index in [-0.39, 0.29) is 21.8 Å². The largest absolute Gasteiger partial charge is 0.466 e. The van der Waals surface area contributed by atoms with Crippen molar-refractivity contribution < 1.29 is 22.3 Å². The number of rotatable bonds is 6. The quantitative estimate of drug-likeness (QED) is 0.523. The number of benzene rings is 1. The average Bonchev–Trinajstić information content (AvgIpc) is 3.41. The van der Waals surface area contributed by atoms with E-state index in [0.29, 0.717) is 66.8 Å². The number of piperidine rings is 1. The van der Waals surface area contributed by atoms with Crippen molar-refractivity contribution in [3.8, 4) is 0 Å². The van der Waals surface area contributed by atoms with E-state index in [1.807, 2.05) is 5.38 Å². The van der Waals surface area contributed by atoms with E-state index >= 15 is 0 Å². The van der Waals surface area contributed by atoms with Gasteiger partial charge >= 0.3 is 5.97 Å². The fraction of sp³-hybridized carbons (Fsp3) is 0.480. The maximum atomic E-state index is 13.8. The topological polar surface area (TPSA) is 101 Å². The number of carbonyl (C=O) groups excluding carboxylic acids is 1. The van der Waals surface area contributed by atoms with Gasteiger partial charge in [0.2, 0.25) is 10.0 Å². The second kappa shape index (κ2) is 10.4. The van der Waals surface area contributed by atoms with Crippen molar-refractivity contribution in [1.29, 1.82) is 0 Å². The lowest BCUT2D eigenvalue weighted by Gasteiger charge is -2.40. The molecule has 0 radical (unpaired) electrons. The first-order valence-corrected chi connectivity index (χ1v) is 15.0. The van der Waals surface area contributed by atoms with Gasteiger partial charge in [0.1, 0.15) is 11.9 Å². The Labute approximate surface area is 224 Å². The van der Waals surface area contributed by atoms with E-state index in [4.69, 9.17) is 21.3 Å². The molecular formula is C25H28ClFN4O4S2. The number of methoxy groups -OCH3 is 1. The van der Waals surface area contributed by atoms with Crippen LogP contribution in [0, 0.1) is 17.7 Å². The number of hydrogen-bond acceptors (Lipinski definition) is 8. The van der Waals surface area contributed by atoms with E-state index in [2.05, 4.69) is 17.2 Å². The lowest BCUT2D eigenvalue weighted by Crippen LogP contribution is -2.48. The minimum Gasteiger partial charge on any atom is -0.466 e. The lowest BCUT2D eigenvalue weighted by molar-refractivity contribution is -0.136. The van der Waals surface area contributed by atoms with Gasteiger partial charge < -0.3 is 10.1 Å². The Kier molecular flexibility index (Phi) is 7.41. The SMILES string of the molecule is COC(=O)C1=C(C2CCN(S(=O)(=O)C3CC(C)C3)CC2)NC(c2nccs2)=NC1c1ccc(F)cc1Cl. The van der Waals surface area contributed by atoms with Gasteiger partial charge in [0, 0.05) is 46.9 Å². The molecule has 1 saturated heterocycles.